The van der Waals surface area contributed by atoms with Crippen LogP contribution in [0, 0.1) is 5.92 Å². The standard InChI is InChI=1S/C24H27Cl2N3O4/c1-13(2)19(28-20(30)14-9-18(26)21(33-4)27-11-14)22(31)29-8-7-24(32)16-6-5-15(25)10-17(16)23(24,3)12-29/h5-6,9-11,13,19,32H,7-8,12H2,1-4H3,(H,28,30)/t19-,23?,24+/m1/s1. The Morgan fingerprint density at radius 3 is 2.61 bits per heavy atom. The van der Waals surface area contributed by atoms with E-state index in [1.54, 1.807) is 11.0 Å². The average molecular weight is 492 g/mol. The van der Waals surface area contributed by atoms with Crippen molar-refractivity contribution in [2.24, 2.45) is 5.92 Å². The molecule has 1 aliphatic carbocycles. The molecule has 2 amide bonds. The number of amides is 2. The summed E-state index contributed by atoms with van der Waals surface area (Å²) in [6.45, 7) is 6.44. The molecule has 4 rings (SSSR count). The first-order valence-electron chi connectivity index (χ1n) is 10.8. The van der Waals surface area contributed by atoms with Crippen LogP contribution in [-0.4, -0.2) is 53.0 Å². The molecule has 1 aliphatic heterocycles. The van der Waals surface area contributed by atoms with Crippen LogP contribution >= 0.6 is 23.2 Å². The highest BCUT2D eigenvalue weighted by Gasteiger charge is 2.62. The maximum Gasteiger partial charge on any atom is 0.253 e. The van der Waals surface area contributed by atoms with E-state index in [4.69, 9.17) is 27.9 Å². The van der Waals surface area contributed by atoms with Crippen molar-refractivity contribution in [2.75, 3.05) is 20.2 Å². The first-order chi connectivity index (χ1) is 15.5. The third-order valence-electron chi connectivity index (χ3n) is 6.98. The highest BCUT2D eigenvalue weighted by molar-refractivity contribution is 6.32. The van der Waals surface area contributed by atoms with Crippen molar-refractivity contribution < 1.29 is 19.4 Å². The fraction of sp³-hybridized carbons (Fsp3) is 0.458. The van der Waals surface area contributed by atoms with Gasteiger partial charge in [-0.05, 0) is 41.7 Å². The Morgan fingerprint density at radius 2 is 1.97 bits per heavy atom. The molecule has 176 valence electrons. The van der Waals surface area contributed by atoms with Crippen LogP contribution in [0.4, 0.5) is 0 Å². The van der Waals surface area contributed by atoms with E-state index in [1.807, 2.05) is 32.9 Å². The van der Waals surface area contributed by atoms with Gasteiger partial charge in [0.1, 0.15) is 16.7 Å². The third-order valence-corrected chi connectivity index (χ3v) is 7.48. The maximum atomic E-state index is 13.5. The summed E-state index contributed by atoms with van der Waals surface area (Å²) in [5.41, 5.74) is 0.450. The summed E-state index contributed by atoms with van der Waals surface area (Å²) in [6.07, 6.45) is 1.78. The molecule has 1 unspecified atom stereocenters. The van der Waals surface area contributed by atoms with Crippen LogP contribution in [0.25, 0.3) is 0 Å². The van der Waals surface area contributed by atoms with E-state index < -0.39 is 23.0 Å². The van der Waals surface area contributed by atoms with Gasteiger partial charge in [0.2, 0.25) is 11.8 Å². The number of pyridine rings is 1. The molecule has 0 radical (unpaired) electrons. The van der Waals surface area contributed by atoms with E-state index in [0.717, 1.165) is 11.1 Å². The second-order valence-electron chi connectivity index (χ2n) is 9.30. The minimum atomic E-state index is -0.994. The molecule has 2 N–H and O–H groups in total. The van der Waals surface area contributed by atoms with Crippen LogP contribution < -0.4 is 10.1 Å². The van der Waals surface area contributed by atoms with Crippen molar-refractivity contribution in [3.05, 3.63) is 57.2 Å². The van der Waals surface area contributed by atoms with E-state index in [2.05, 4.69) is 10.3 Å². The minimum absolute atomic E-state index is 0.153. The number of halogens is 2. The number of likely N-dealkylation sites (tertiary alicyclic amines) is 1. The topological polar surface area (TPSA) is 91.8 Å². The molecule has 0 spiro atoms. The lowest BCUT2D eigenvalue weighted by Crippen LogP contribution is -2.68. The summed E-state index contributed by atoms with van der Waals surface area (Å²) < 4.78 is 5.03. The van der Waals surface area contributed by atoms with Gasteiger partial charge in [-0.15, -0.1) is 0 Å². The molecule has 0 bridgehead atoms. The molecule has 1 saturated heterocycles. The molecule has 9 heteroatoms. The quantitative estimate of drug-likeness (QED) is 0.667. The highest BCUT2D eigenvalue weighted by Crippen LogP contribution is 2.59. The summed E-state index contributed by atoms with van der Waals surface area (Å²) in [4.78, 5) is 32.1. The lowest BCUT2D eigenvalue weighted by atomic mass is 9.51. The molecule has 3 atom stereocenters. The van der Waals surface area contributed by atoms with Crippen LogP contribution in [0.2, 0.25) is 10.0 Å². The first-order valence-corrected chi connectivity index (χ1v) is 11.6. The van der Waals surface area contributed by atoms with Gasteiger partial charge in [-0.2, -0.15) is 0 Å². The first kappa shape index (κ1) is 23.8. The molecular formula is C24H27Cl2N3O4. The molecule has 2 aliphatic rings. The normalized spacial score (nSPS) is 24.4. The van der Waals surface area contributed by atoms with E-state index in [-0.39, 0.29) is 28.3 Å². The van der Waals surface area contributed by atoms with Crippen molar-refractivity contribution in [3.8, 4) is 5.88 Å². The van der Waals surface area contributed by atoms with Crippen molar-refractivity contribution in [3.63, 3.8) is 0 Å². The van der Waals surface area contributed by atoms with Gasteiger partial charge < -0.3 is 20.1 Å². The summed E-state index contributed by atoms with van der Waals surface area (Å²) in [6, 6.07) is 6.22. The molecule has 1 aromatic carbocycles. The monoisotopic (exact) mass is 491 g/mol. The molecule has 2 aromatic rings. The van der Waals surface area contributed by atoms with Gasteiger partial charge in [-0.25, -0.2) is 4.98 Å². The molecule has 1 fully saturated rings. The van der Waals surface area contributed by atoms with Crippen LogP contribution in [0.3, 0.4) is 0 Å². The Kier molecular flexibility index (Phi) is 6.10. The van der Waals surface area contributed by atoms with Gasteiger partial charge in [-0.3, -0.25) is 9.59 Å². The van der Waals surface area contributed by atoms with Crippen LogP contribution in [0.1, 0.15) is 48.7 Å². The zero-order chi connectivity index (χ0) is 24.1. The van der Waals surface area contributed by atoms with Crippen molar-refractivity contribution in [1.29, 1.82) is 0 Å². The molecular weight excluding hydrogens is 465 g/mol. The Hall–Kier alpha value is -2.35. The smallest absolute Gasteiger partial charge is 0.253 e. The number of hydrogen-bond donors (Lipinski definition) is 2. The highest BCUT2D eigenvalue weighted by atomic mass is 35.5. The number of aromatic nitrogens is 1. The number of carbonyl (C=O) groups excluding carboxylic acids is 2. The van der Waals surface area contributed by atoms with Crippen molar-refractivity contribution in [2.45, 2.75) is 44.2 Å². The van der Waals surface area contributed by atoms with E-state index in [9.17, 15) is 14.7 Å². The summed E-state index contributed by atoms with van der Waals surface area (Å²) in [5, 5.41) is 15.0. The number of aliphatic hydroxyl groups is 1. The Balaban J connectivity index is 1.53. The SMILES string of the molecule is COc1ncc(C(=O)N[C@@H](C(=O)N2CC[C@]3(O)c4ccc(Cl)cc4C3(C)C2)C(C)C)cc1Cl. The largest absolute Gasteiger partial charge is 0.480 e. The van der Waals surface area contributed by atoms with Gasteiger partial charge in [0, 0.05) is 29.7 Å². The third kappa shape index (κ3) is 3.76. The van der Waals surface area contributed by atoms with Crippen LogP contribution in [-0.2, 0) is 15.8 Å². The Bertz CT molecular complexity index is 1120. The summed E-state index contributed by atoms with van der Waals surface area (Å²) >= 11 is 12.3. The van der Waals surface area contributed by atoms with Gasteiger partial charge >= 0.3 is 0 Å². The molecule has 2 heterocycles. The number of rotatable bonds is 5. The molecule has 1 aromatic heterocycles. The van der Waals surface area contributed by atoms with E-state index in [0.29, 0.717) is 24.5 Å². The number of ether oxygens (including phenoxy) is 1. The number of carbonyl (C=O) groups is 2. The fourth-order valence-electron chi connectivity index (χ4n) is 5.00. The lowest BCUT2D eigenvalue weighted by Gasteiger charge is -2.61. The number of benzene rings is 1. The summed E-state index contributed by atoms with van der Waals surface area (Å²) in [5.74, 6) is -0.566. The minimum Gasteiger partial charge on any atom is -0.480 e. The number of hydrogen-bond acceptors (Lipinski definition) is 5. The lowest BCUT2D eigenvalue weighted by molar-refractivity contribution is -0.153. The predicted octanol–water partition coefficient (Wildman–Crippen LogP) is 3.54. The molecule has 33 heavy (non-hydrogen) atoms. The van der Waals surface area contributed by atoms with Gasteiger partial charge in [0.05, 0.1) is 12.7 Å². The number of piperidine rings is 1. The van der Waals surface area contributed by atoms with Crippen LogP contribution in [0.15, 0.2) is 30.5 Å². The van der Waals surface area contributed by atoms with Gasteiger partial charge in [0.15, 0.2) is 0 Å². The number of nitrogens with zero attached hydrogens (tertiary/aromatic N) is 2. The van der Waals surface area contributed by atoms with Gasteiger partial charge in [0.25, 0.3) is 5.91 Å². The number of methoxy groups -OCH3 is 1. The summed E-state index contributed by atoms with van der Waals surface area (Å²) in [7, 11) is 1.44. The Labute approximate surface area is 203 Å². The zero-order valence-corrected chi connectivity index (χ0v) is 20.5. The zero-order valence-electron chi connectivity index (χ0n) is 19.0. The maximum absolute atomic E-state index is 13.5. The average Bonchev–Trinajstić information content (AvgIpc) is 2.78. The van der Waals surface area contributed by atoms with Crippen LogP contribution in [0.5, 0.6) is 5.88 Å². The van der Waals surface area contributed by atoms with Gasteiger partial charge in [-0.1, -0.05) is 50.0 Å². The Morgan fingerprint density at radius 1 is 1.24 bits per heavy atom. The van der Waals surface area contributed by atoms with E-state index >= 15 is 0 Å². The number of fused-ring (bicyclic) bond motifs is 4. The predicted molar refractivity (Wildman–Crippen MR) is 126 cm³/mol. The second kappa shape index (κ2) is 8.46. The molecule has 0 saturated carbocycles. The number of nitrogens with one attached hydrogen (secondary N) is 1. The van der Waals surface area contributed by atoms with Crippen molar-refractivity contribution >= 4 is 35.0 Å². The van der Waals surface area contributed by atoms with E-state index in [1.165, 1.54) is 19.4 Å². The fourth-order valence-corrected chi connectivity index (χ4v) is 5.41. The second-order valence-corrected chi connectivity index (χ2v) is 10.1. The molecule has 7 nitrogen and oxygen atoms in total. The van der Waals surface area contributed by atoms with Crippen molar-refractivity contribution in [1.82, 2.24) is 15.2 Å².